The Hall–Kier alpha value is -2.36. The van der Waals surface area contributed by atoms with E-state index in [-0.39, 0.29) is 0 Å². The fourth-order valence-corrected chi connectivity index (χ4v) is 2.04. The lowest BCUT2D eigenvalue weighted by molar-refractivity contribution is 0.982. The molecule has 0 fully saturated rings. The van der Waals surface area contributed by atoms with Gasteiger partial charge in [0.15, 0.2) is 0 Å². The minimum atomic E-state index is 0.729. The topological polar surface area (TPSA) is 53.6 Å². The molecule has 18 heavy (non-hydrogen) atoms. The molecule has 90 valence electrons. The molecule has 2 N–H and O–H groups in total. The summed E-state index contributed by atoms with van der Waals surface area (Å²) in [6, 6.07) is 10.2. The summed E-state index contributed by atoms with van der Waals surface area (Å²) in [4.78, 5) is 4.43. The molecule has 3 rings (SSSR count). The Balaban J connectivity index is 1.94. The van der Waals surface area contributed by atoms with Crippen molar-refractivity contribution in [2.45, 2.75) is 13.5 Å². The maximum absolute atomic E-state index is 4.43. The number of hydrogen-bond acceptors (Lipinski definition) is 3. The Morgan fingerprint density at radius 2 is 2.11 bits per heavy atom. The van der Waals surface area contributed by atoms with E-state index in [1.165, 1.54) is 5.56 Å². The van der Waals surface area contributed by atoms with Gasteiger partial charge in [0.25, 0.3) is 0 Å². The number of anilines is 1. The number of aromatic amines is 1. The van der Waals surface area contributed by atoms with Crippen LogP contribution in [0.25, 0.3) is 10.9 Å². The molecule has 1 aromatic carbocycles. The van der Waals surface area contributed by atoms with Crippen LogP contribution in [0.4, 0.5) is 5.69 Å². The minimum Gasteiger partial charge on any atom is -0.379 e. The number of aryl methyl sites for hydroxylation is 1. The molecule has 0 aliphatic rings. The van der Waals surface area contributed by atoms with Gasteiger partial charge in [-0.05, 0) is 36.8 Å². The summed E-state index contributed by atoms with van der Waals surface area (Å²) in [7, 11) is 0. The lowest BCUT2D eigenvalue weighted by atomic mass is 10.1. The van der Waals surface area contributed by atoms with Crippen LogP contribution < -0.4 is 5.32 Å². The molecule has 0 saturated carbocycles. The maximum atomic E-state index is 4.43. The van der Waals surface area contributed by atoms with Crippen LogP contribution in [0.3, 0.4) is 0 Å². The molecule has 0 atom stereocenters. The molecule has 4 heteroatoms. The molecule has 0 aliphatic carbocycles. The second-order valence-electron chi connectivity index (χ2n) is 4.27. The van der Waals surface area contributed by atoms with Gasteiger partial charge in [-0.15, -0.1) is 0 Å². The predicted octanol–water partition coefficient (Wildman–Crippen LogP) is 2.88. The Morgan fingerprint density at radius 1 is 1.17 bits per heavy atom. The lowest BCUT2D eigenvalue weighted by Crippen LogP contribution is -2.01. The van der Waals surface area contributed by atoms with Crippen LogP contribution in [0, 0.1) is 6.92 Å². The summed E-state index contributed by atoms with van der Waals surface area (Å²) < 4.78 is 0. The Morgan fingerprint density at radius 3 is 2.94 bits per heavy atom. The van der Waals surface area contributed by atoms with Gasteiger partial charge < -0.3 is 5.32 Å². The van der Waals surface area contributed by atoms with Crippen molar-refractivity contribution >= 4 is 16.6 Å². The second kappa shape index (κ2) is 4.49. The molecular formula is C14H14N4. The van der Waals surface area contributed by atoms with Crippen molar-refractivity contribution in [3.63, 3.8) is 0 Å². The lowest BCUT2D eigenvalue weighted by Gasteiger charge is -2.10. The first-order chi connectivity index (χ1) is 8.84. The van der Waals surface area contributed by atoms with E-state index in [1.807, 2.05) is 18.3 Å². The van der Waals surface area contributed by atoms with Gasteiger partial charge in [-0.2, -0.15) is 5.10 Å². The highest BCUT2D eigenvalue weighted by molar-refractivity contribution is 5.93. The number of H-pyrrole nitrogens is 1. The molecule has 0 amide bonds. The normalized spacial score (nSPS) is 10.7. The molecule has 0 unspecified atom stereocenters. The van der Waals surface area contributed by atoms with Crippen LogP contribution in [0.2, 0.25) is 0 Å². The quantitative estimate of drug-likeness (QED) is 0.737. The Labute approximate surface area is 105 Å². The predicted molar refractivity (Wildman–Crippen MR) is 72.4 cm³/mol. The molecule has 2 heterocycles. The molecule has 0 bridgehead atoms. The number of pyridine rings is 1. The largest absolute Gasteiger partial charge is 0.379 e. The zero-order valence-corrected chi connectivity index (χ0v) is 10.1. The van der Waals surface area contributed by atoms with E-state index in [2.05, 4.69) is 45.6 Å². The summed E-state index contributed by atoms with van der Waals surface area (Å²) in [5, 5.41) is 11.4. The fourth-order valence-electron chi connectivity index (χ4n) is 2.04. The number of benzene rings is 1. The zero-order chi connectivity index (χ0) is 12.4. The number of fused-ring (bicyclic) bond motifs is 1. The second-order valence-corrected chi connectivity index (χ2v) is 4.27. The minimum absolute atomic E-state index is 0.729. The fraction of sp³-hybridized carbons (Fsp3) is 0.143. The highest BCUT2D eigenvalue weighted by atomic mass is 15.1. The standard InChI is InChI=1S/C14H14N4/c1-10-4-5-13(12-3-2-7-15-14(10)12)16-9-11-6-8-17-18-11/h2-8,16H,9H2,1H3,(H,17,18). The Kier molecular flexibility index (Phi) is 2.68. The summed E-state index contributed by atoms with van der Waals surface area (Å²) in [6.07, 6.45) is 3.58. The van der Waals surface area contributed by atoms with Gasteiger partial charge >= 0.3 is 0 Å². The third-order valence-electron chi connectivity index (χ3n) is 3.00. The third kappa shape index (κ3) is 1.93. The number of aromatic nitrogens is 3. The van der Waals surface area contributed by atoms with Crippen molar-refractivity contribution in [1.82, 2.24) is 15.2 Å². The van der Waals surface area contributed by atoms with E-state index in [1.54, 1.807) is 6.20 Å². The van der Waals surface area contributed by atoms with Gasteiger partial charge in [-0.3, -0.25) is 10.1 Å². The zero-order valence-electron chi connectivity index (χ0n) is 10.1. The highest BCUT2D eigenvalue weighted by Gasteiger charge is 2.04. The van der Waals surface area contributed by atoms with Crippen LogP contribution in [-0.2, 0) is 6.54 Å². The average Bonchev–Trinajstić information content (AvgIpc) is 2.92. The number of hydrogen-bond donors (Lipinski definition) is 2. The summed E-state index contributed by atoms with van der Waals surface area (Å²) in [5.74, 6) is 0. The number of nitrogens with zero attached hydrogens (tertiary/aromatic N) is 2. The van der Waals surface area contributed by atoms with E-state index in [9.17, 15) is 0 Å². The van der Waals surface area contributed by atoms with Crippen molar-refractivity contribution in [1.29, 1.82) is 0 Å². The first kappa shape index (κ1) is 10.8. The molecule has 2 aromatic heterocycles. The van der Waals surface area contributed by atoms with Gasteiger partial charge in [0.1, 0.15) is 0 Å². The van der Waals surface area contributed by atoms with Crippen molar-refractivity contribution < 1.29 is 0 Å². The Bertz CT molecular complexity index is 659. The van der Waals surface area contributed by atoms with Crippen LogP contribution in [-0.4, -0.2) is 15.2 Å². The number of nitrogens with one attached hydrogen (secondary N) is 2. The monoisotopic (exact) mass is 238 g/mol. The maximum Gasteiger partial charge on any atom is 0.0751 e. The van der Waals surface area contributed by atoms with Crippen LogP contribution in [0.5, 0.6) is 0 Å². The molecule has 0 aliphatic heterocycles. The summed E-state index contributed by atoms with van der Waals surface area (Å²) in [6.45, 7) is 2.81. The van der Waals surface area contributed by atoms with Gasteiger partial charge in [0.2, 0.25) is 0 Å². The van der Waals surface area contributed by atoms with Crippen molar-refractivity contribution in [2.75, 3.05) is 5.32 Å². The number of rotatable bonds is 3. The molecule has 0 spiro atoms. The van der Waals surface area contributed by atoms with E-state index in [0.29, 0.717) is 0 Å². The van der Waals surface area contributed by atoms with E-state index in [4.69, 9.17) is 0 Å². The van der Waals surface area contributed by atoms with Crippen LogP contribution in [0.1, 0.15) is 11.3 Å². The average molecular weight is 238 g/mol. The van der Waals surface area contributed by atoms with Crippen molar-refractivity contribution in [2.24, 2.45) is 0 Å². The van der Waals surface area contributed by atoms with Gasteiger partial charge in [0, 0.05) is 23.5 Å². The third-order valence-corrected chi connectivity index (χ3v) is 3.00. The molecule has 3 aromatic rings. The van der Waals surface area contributed by atoms with Gasteiger partial charge in [-0.25, -0.2) is 0 Å². The van der Waals surface area contributed by atoms with Crippen LogP contribution in [0.15, 0.2) is 42.7 Å². The first-order valence-electron chi connectivity index (χ1n) is 5.91. The molecular weight excluding hydrogens is 224 g/mol. The summed E-state index contributed by atoms with van der Waals surface area (Å²) in [5.41, 5.74) is 4.40. The first-order valence-corrected chi connectivity index (χ1v) is 5.91. The van der Waals surface area contributed by atoms with Gasteiger partial charge in [-0.1, -0.05) is 6.07 Å². The van der Waals surface area contributed by atoms with Crippen molar-refractivity contribution in [3.05, 3.63) is 54.0 Å². The van der Waals surface area contributed by atoms with E-state index >= 15 is 0 Å². The van der Waals surface area contributed by atoms with Crippen LogP contribution >= 0.6 is 0 Å². The summed E-state index contributed by atoms with van der Waals surface area (Å²) >= 11 is 0. The molecule has 4 nitrogen and oxygen atoms in total. The highest BCUT2D eigenvalue weighted by Crippen LogP contribution is 2.24. The van der Waals surface area contributed by atoms with Crippen molar-refractivity contribution in [3.8, 4) is 0 Å². The van der Waals surface area contributed by atoms with E-state index < -0.39 is 0 Å². The van der Waals surface area contributed by atoms with Gasteiger partial charge in [0.05, 0.1) is 17.8 Å². The smallest absolute Gasteiger partial charge is 0.0751 e. The SMILES string of the molecule is Cc1ccc(NCc2ccn[nH]2)c2cccnc12. The van der Waals surface area contributed by atoms with E-state index in [0.717, 1.165) is 28.8 Å². The molecule has 0 radical (unpaired) electrons. The molecule has 0 saturated heterocycles.